The zero-order valence-electron chi connectivity index (χ0n) is 22.6. The van der Waals surface area contributed by atoms with Crippen molar-refractivity contribution in [3.8, 4) is 5.75 Å². The summed E-state index contributed by atoms with van der Waals surface area (Å²) in [5.74, 6) is -0.450. The van der Waals surface area contributed by atoms with Crippen LogP contribution in [0.1, 0.15) is 33.9 Å². The topological polar surface area (TPSA) is 158 Å². The van der Waals surface area contributed by atoms with E-state index >= 15 is 0 Å². The van der Waals surface area contributed by atoms with Gasteiger partial charge in [0.2, 0.25) is 0 Å². The number of nitrogens with one attached hydrogen (secondary N) is 2. The van der Waals surface area contributed by atoms with Crippen molar-refractivity contribution >= 4 is 58.7 Å². The Morgan fingerprint density at radius 2 is 1.93 bits per heavy atom. The van der Waals surface area contributed by atoms with E-state index in [0.717, 1.165) is 9.95 Å². The summed E-state index contributed by atoms with van der Waals surface area (Å²) in [6.07, 6.45) is -2.94. The minimum Gasteiger partial charge on any atom is -0.462 e. The van der Waals surface area contributed by atoms with Crippen LogP contribution in [-0.2, 0) is 23.4 Å². The van der Waals surface area contributed by atoms with E-state index in [0.29, 0.717) is 5.39 Å². The lowest BCUT2D eigenvalue weighted by Gasteiger charge is -2.27. The number of carbonyl (C=O) groups excluding carboxylic acids is 1. The van der Waals surface area contributed by atoms with Crippen molar-refractivity contribution in [2.75, 3.05) is 6.61 Å². The van der Waals surface area contributed by atoms with Gasteiger partial charge in [0.25, 0.3) is 5.56 Å². The zero-order valence-corrected chi connectivity index (χ0v) is 26.4. The second kappa shape index (κ2) is 12.5. The fraction of sp³-hybridized carbons (Fsp3) is 0.423. The molecule has 4 rings (SSSR count). The number of alkyl halides is 1. The minimum atomic E-state index is -4.34. The summed E-state index contributed by atoms with van der Waals surface area (Å²) < 4.78 is 38.1. The van der Waals surface area contributed by atoms with Crippen LogP contribution in [0.5, 0.6) is 5.75 Å². The van der Waals surface area contributed by atoms with E-state index in [1.807, 2.05) is 18.2 Å². The molecule has 0 amide bonds. The number of benzene rings is 2. The number of hydrogen-bond donors (Lipinski definition) is 3. The molecule has 1 fully saturated rings. The molecular formula is C26H30ClIN3O9P. The van der Waals surface area contributed by atoms with Gasteiger partial charge in [-0.3, -0.25) is 23.7 Å². The number of fused-ring (bicyclic) bond motifs is 1. The third-order valence-corrected chi connectivity index (χ3v) is 9.14. The number of rotatable bonds is 10. The van der Waals surface area contributed by atoms with E-state index in [1.54, 1.807) is 60.7 Å². The van der Waals surface area contributed by atoms with Crippen LogP contribution in [-0.4, -0.2) is 56.5 Å². The van der Waals surface area contributed by atoms with Crippen LogP contribution < -0.4 is 20.9 Å². The molecule has 6 atom stereocenters. The number of ether oxygens (including phenoxy) is 2. The predicted molar refractivity (Wildman–Crippen MR) is 160 cm³/mol. The molecule has 0 spiro atoms. The summed E-state index contributed by atoms with van der Waals surface area (Å²) in [5.41, 5.74) is -1.37. The number of halogens is 2. The molecule has 12 nitrogen and oxygen atoms in total. The van der Waals surface area contributed by atoms with Crippen LogP contribution in [0.15, 0.2) is 58.3 Å². The summed E-state index contributed by atoms with van der Waals surface area (Å²) in [7, 11) is -4.34. The van der Waals surface area contributed by atoms with Crippen LogP contribution in [0.2, 0.25) is 0 Å². The quantitative estimate of drug-likeness (QED) is 0.122. The lowest BCUT2D eigenvalue weighted by molar-refractivity contribution is -0.149. The fourth-order valence-electron chi connectivity index (χ4n) is 4.28. The molecule has 3 N–H and O–H groups in total. The maximum atomic E-state index is 14.1. The zero-order chi connectivity index (χ0) is 30.1. The Labute approximate surface area is 254 Å². The molecule has 2 heterocycles. The molecule has 15 heteroatoms. The van der Waals surface area contributed by atoms with Crippen molar-refractivity contribution in [3.05, 3.63) is 73.1 Å². The summed E-state index contributed by atoms with van der Waals surface area (Å²) in [6.45, 7) is 5.77. The number of aliphatic hydroxyl groups excluding tert-OH is 1. The van der Waals surface area contributed by atoms with E-state index in [9.17, 15) is 24.1 Å². The molecule has 0 unspecified atom stereocenters. The number of aromatic amines is 1. The SMILES string of the molecule is CC(C)OC(=O)[C@@H](C)N[P@@](=O)(OC[C@H]1O[C@@H](n2cc(I)c(=O)[nH]c2=O)[C@](C)(Cl)[C@@H]1O)Oc1cccc2ccccc12. The highest BCUT2D eigenvalue weighted by atomic mass is 127. The molecule has 0 bridgehead atoms. The van der Waals surface area contributed by atoms with Gasteiger partial charge in [-0.15, -0.1) is 11.6 Å². The van der Waals surface area contributed by atoms with Crippen molar-refractivity contribution < 1.29 is 33.0 Å². The average molecular weight is 722 g/mol. The first-order valence-corrected chi connectivity index (χ1v) is 15.7. The van der Waals surface area contributed by atoms with Gasteiger partial charge in [0.05, 0.1) is 16.3 Å². The Morgan fingerprint density at radius 3 is 2.63 bits per heavy atom. The van der Waals surface area contributed by atoms with E-state index in [1.165, 1.54) is 20.0 Å². The highest BCUT2D eigenvalue weighted by Gasteiger charge is 2.54. The standard InChI is InChI=1S/C26H30ClIN3O9P/c1-14(2)38-23(34)15(3)30-41(36,40-19-11-7-9-16-8-5-6-10-17(16)19)37-13-20-21(32)26(4,27)24(39-20)31-12-18(28)22(33)29-25(31)35/h5-12,14-15,20-21,24,32H,13H2,1-4H3,(H,30,36)(H,29,33,35)/t15-,20-,21-,24-,26-,41-/m1/s1. The minimum absolute atomic E-state index is 0.201. The first kappa shape index (κ1) is 31.7. The molecule has 41 heavy (non-hydrogen) atoms. The monoisotopic (exact) mass is 721 g/mol. The number of aromatic nitrogens is 2. The molecular weight excluding hydrogens is 692 g/mol. The number of aliphatic hydroxyl groups is 1. The molecule has 1 aromatic heterocycles. The third-order valence-electron chi connectivity index (χ3n) is 6.33. The van der Waals surface area contributed by atoms with Crippen molar-refractivity contribution in [3.63, 3.8) is 0 Å². The molecule has 3 aromatic rings. The molecule has 0 radical (unpaired) electrons. The molecule has 1 aliphatic heterocycles. The van der Waals surface area contributed by atoms with Crippen LogP contribution in [0, 0.1) is 3.57 Å². The Balaban J connectivity index is 1.61. The van der Waals surface area contributed by atoms with E-state index in [4.69, 9.17) is 30.1 Å². The summed E-state index contributed by atoms with van der Waals surface area (Å²) in [6, 6.07) is 11.4. The lowest BCUT2D eigenvalue weighted by atomic mass is 10.0. The Bertz CT molecular complexity index is 1590. The summed E-state index contributed by atoms with van der Waals surface area (Å²) >= 11 is 8.39. The van der Waals surface area contributed by atoms with Crippen molar-refractivity contribution in [1.82, 2.24) is 14.6 Å². The Hall–Kier alpha value is -2.26. The molecule has 1 aliphatic rings. The van der Waals surface area contributed by atoms with E-state index in [-0.39, 0.29) is 9.32 Å². The number of hydrogen-bond acceptors (Lipinski definition) is 9. The second-order valence-electron chi connectivity index (χ2n) is 9.96. The molecule has 2 aromatic carbocycles. The first-order chi connectivity index (χ1) is 19.2. The van der Waals surface area contributed by atoms with Crippen molar-refractivity contribution in [2.45, 2.75) is 63.2 Å². The first-order valence-electron chi connectivity index (χ1n) is 12.7. The predicted octanol–water partition coefficient (Wildman–Crippen LogP) is 3.68. The van der Waals surface area contributed by atoms with Gasteiger partial charge in [-0.05, 0) is 61.7 Å². The normalized spacial score (nSPS) is 24.7. The fourth-order valence-corrected chi connectivity index (χ4v) is 6.53. The van der Waals surface area contributed by atoms with Crippen LogP contribution in [0.3, 0.4) is 0 Å². The third kappa shape index (κ3) is 7.04. The number of H-pyrrole nitrogens is 1. The lowest BCUT2D eigenvalue weighted by Crippen LogP contribution is -2.43. The number of carbonyl (C=O) groups is 1. The van der Waals surface area contributed by atoms with Gasteiger partial charge in [0, 0.05) is 11.6 Å². The van der Waals surface area contributed by atoms with E-state index in [2.05, 4.69) is 10.1 Å². The smallest absolute Gasteiger partial charge is 0.459 e. The van der Waals surface area contributed by atoms with Gasteiger partial charge < -0.3 is 19.1 Å². The number of nitrogens with zero attached hydrogens (tertiary/aromatic N) is 1. The maximum absolute atomic E-state index is 14.1. The van der Waals surface area contributed by atoms with Crippen LogP contribution in [0.25, 0.3) is 10.8 Å². The number of esters is 1. The van der Waals surface area contributed by atoms with Crippen LogP contribution >= 0.6 is 41.9 Å². The van der Waals surface area contributed by atoms with Crippen LogP contribution in [0.4, 0.5) is 0 Å². The molecule has 0 saturated carbocycles. The van der Waals surface area contributed by atoms with Gasteiger partial charge >= 0.3 is 19.4 Å². The van der Waals surface area contributed by atoms with Gasteiger partial charge in [0.15, 0.2) is 6.23 Å². The van der Waals surface area contributed by atoms with Gasteiger partial charge in [-0.2, -0.15) is 5.09 Å². The molecule has 0 aliphatic carbocycles. The average Bonchev–Trinajstić information content (AvgIpc) is 3.13. The Kier molecular flexibility index (Phi) is 9.69. The summed E-state index contributed by atoms with van der Waals surface area (Å²) in [4.78, 5) is 37.5. The second-order valence-corrected chi connectivity index (χ2v) is 13.6. The highest BCUT2D eigenvalue weighted by Crippen LogP contribution is 2.49. The van der Waals surface area contributed by atoms with Gasteiger partial charge in [-0.25, -0.2) is 9.36 Å². The van der Waals surface area contributed by atoms with E-state index < -0.39 is 67.0 Å². The summed E-state index contributed by atoms with van der Waals surface area (Å²) in [5, 5.41) is 15.1. The van der Waals surface area contributed by atoms with Gasteiger partial charge in [0.1, 0.15) is 28.9 Å². The van der Waals surface area contributed by atoms with Crippen molar-refractivity contribution in [1.29, 1.82) is 0 Å². The Morgan fingerprint density at radius 1 is 1.24 bits per heavy atom. The molecule has 222 valence electrons. The van der Waals surface area contributed by atoms with Gasteiger partial charge in [-0.1, -0.05) is 36.4 Å². The van der Waals surface area contributed by atoms with Crippen molar-refractivity contribution in [2.24, 2.45) is 0 Å². The maximum Gasteiger partial charge on any atom is 0.459 e. The highest BCUT2D eigenvalue weighted by molar-refractivity contribution is 14.1. The largest absolute Gasteiger partial charge is 0.462 e. The molecule has 1 saturated heterocycles.